The number of benzene rings is 1. The minimum absolute atomic E-state index is 0.0753. The molecule has 0 aromatic heterocycles. The van der Waals surface area contributed by atoms with Gasteiger partial charge in [0.2, 0.25) is 0 Å². The van der Waals surface area contributed by atoms with Gasteiger partial charge in [0.15, 0.2) is 0 Å². The molecule has 1 aromatic carbocycles. The summed E-state index contributed by atoms with van der Waals surface area (Å²) in [5, 5.41) is 0. The number of halogens is 2. The molecule has 1 fully saturated rings. The first-order chi connectivity index (χ1) is 8.39. The quantitative estimate of drug-likeness (QED) is 0.764. The molecular weight excluding hydrogens is 236 g/mol. The first-order valence-electron chi connectivity index (χ1n) is 6.22. The molecule has 4 heteroatoms. The molecular formula is C14H19F2NO. The summed E-state index contributed by atoms with van der Waals surface area (Å²) in [5.74, 6) is -0.969. The maximum atomic E-state index is 14.1. The molecule has 18 heavy (non-hydrogen) atoms. The van der Waals surface area contributed by atoms with Crippen LogP contribution in [0.5, 0.6) is 0 Å². The predicted octanol–water partition coefficient (Wildman–Crippen LogP) is 3.10. The van der Waals surface area contributed by atoms with Crippen LogP contribution in [0.4, 0.5) is 14.5 Å². The summed E-state index contributed by atoms with van der Waals surface area (Å²) in [6.07, 6.45) is 0. The first kappa shape index (κ1) is 13.3. The molecule has 0 unspecified atom stereocenters. The lowest BCUT2D eigenvalue weighted by Crippen LogP contribution is -2.37. The minimum atomic E-state index is -0.484. The van der Waals surface area contributed by atoms with Crippen LogP contribution in [-0.4, -0.2) is 26.3 Å². The highest BCUT2D eigenvalue weighted by atomic mass is 19.1. The van der Waals surface area contributed by atoms with Crippen LogP contribution in [0.1, 0.15) is 26.3 Å². The van der Waals surface area contributed by atoms with Gasteiger partial charge in [-0.15, -0.1) is 0 Å². The molecule has 1 aliphatic heterocycles. The Bertz CT molecular complexity index is 411. The number of hydrogen-bond donors (Lipinski definition) is 0. The van der Waals surface area contributed by atoms with E-state index in [-0.39, 0.29) is 11.1 Å². The monoisotopic (exact) mass is 255 g/mol. The van der Waals surface area contributed by atoms with Crippen LogP contribution in [0.2, 0.25) is 0 Å². The largest absolute Gasteiger partial charge is 0.378 e. The number of hydrogen-bond acceptors (Lipinski definition) is 2. The molecule has 0 saturated carbocycles. The second-order valence-electron chi connectivity index (χ2n) is 5.64. The summed E-state index contributed by atoms with van der Waals surface area (Å²) in [6.45, 7) is 7.91. The standard InChI is InChI=1S/C14H19F2NO/c1-14(2,3)10-8-11(15)13(12(16)9-10)17-4-6-18-7-5-17/h8-9H,4-7H2,1-3H3. The van der Waals surface area contributed by atoms with E-state index in [0.29, 0.717) is 31.9 Å². The molecule has 100 valence electrons. The Labute approximate surface area is 107 Å². The van der Waals surface area contributed by atoms with Crippen LogP contribution in [-0.2, 0) is 10.2 Å². The van der Waals surface area contributed by atoms with Crippen molar-refractivity contribution in [1.29, 1.82) is 0 Å². The Morgan fingerprint density at radius 3 is 2.00 bits per heavy atom. The zero-order chi connectivity index (χ0) is 13.3. The van der Waals surface area contributed by atoms with Gasteiger partial charge >= 0.3 is 0 Å². The van der Waals surface area contributed by atoms with Crippen molar-refractivity contribution in [1.82, 2.24) is 0 Å². The maximum absolute atomic E-state index is 14.1. The molecule has 0 radical (unpaired) electrons. The van der Waals surface area contributed by atoms with E-state index in [2.05, 4.69) is 0 Å². The van der Waals surface area contributed by atoms with Crippen molar-refractivity contribution in [2.45, 2.75) is 26.2 Å². The molecule has 0 bridgehead atoms. The van der Waals surface area contributed by atoms with Gasteiger partial charge in [-0.25, -0.2) is 8.78 Å². The maximum Gasteiger partial charge on any atom is 0.149 e. The molecule has 0 aliphatic carbocycles. The predicted molar refractivity (Wildman–Crippen MR) is 68.1 cm³/mol. The minimum Gasteiger partial charge on any atom is -0.378 e. The third-order valence-corrected chi connectivity index (χ3v) is 3.21. The van der Waals surface area contributed by atoms with E-state index in [1.165, 1.54) is 12.1 Å². The first-order valence-corrected chi connectivity index (χ1v) is 6.22. The molecule has 2 rings (SSSR count). The lowest BCUT2D eigenvalue weighted by molar-refractivity contribution is 0.122. The topological polar surface area (TPSA) is 12.5 Å². The van der Waals surface area contributed by atoms with Gasteiger partial charge in [-0.3, -0.25) is 0 Å². The third-order valence-electron chi connectivity index (χ3n) is 3.21. The third kappa shape index (κ3) is 2.64. The fraction of sp³-hybridized carbons (Fsp3) is 0.571. The molecule has 1 aromatic rings. The molecule has 0 spiro atoms. The van der Waals surface area contributed by atoms with E-state index >= 15 is 0 Å². The van der Waals surface area contributed by atoms with Crippen molar-refractivity contribution in [3.8, 4) is 0 Å². The summed E-state index contributed by atoms with van der Waals surface area (Å²) in [4.78, 5) is 1.71. The van der Waals surface area contributed by atoms with Gasteiger partial charge in [-0.1, -0.05) is 20.8 Å². The van der Waals surface area contributed by atoms with Crippen LogP contribution in [0.3, 0.4) is 0 Å². The van der Waals surface area contributed by atoms with Crippen LogP contribution < -0.4 is 4.90 Å². The van der Waals surface area contributed by atoms with Crippen LogP contribution in [0.25, 0.3) is 0 Å². The van der Waals surface area contributed by atoms with E-state index in [9.17, 15) is 8.78 Å². The fourth-order valence-electron chi connectivity index (χ4n) is 2.09. The number of rotatable bonds is 1. The van der Waals surface area contributed by atoms with E-state index in [0.717, 1.165) is 0 Å². The van der Waals surface area contributed by atoms with Crippen molar-refractivity contribution in [2.75, 3.05) is 31.2 Å². The molecule has 1 saturated heterocycles. The van der Waals surface area contributed by atoms with E-state index in [4.69, 9.17) is 4.74 Å². The molecule has 2 nitrogen and oxygen atoms in total. The average Bonchev–Trinajstić information content (AvgIpc) is 2.28. The highest BCUT2D eigenvalue weighted by Gasteiger charge is 2.23. The summed E-state index contributed by atoms with van der Waals surface area (Å²) in [5.41, 5.74) is 0.492. The van der Waals surface area contributed by atoms with Crippen molar-refractivity contribution in [2.24, 2.45) is 0 Å². The highest BCUT2D eigenvalue weighted by molar-refractivity contribution is 5.51. The van der Waals surface area contributed by atoms with Crippen molar-refractivity contribution in [3.63, 3.8) is 0 Å². The van der Waals surface area contributed by atoms with Crippen molar-refractivity contribution >= 4 is 5.69 Å². The van der Waals surface area contributed by atoms with E-state index < -0.39 is 11.6 Å². The molecule has 0 N–H and O–H groups in total. The number of nitrogens with zero attached hydrogens (tertiary/aromatic N) is 1. The van der Waals surface area contributed by atoms with Gasteiger partial charge in [-0.05, 0) is 23.1 Å². The number of morpholine rings is 1. The Morgan fingerprint density at radius 1 is 1.06 bits per heavy atom. The van der Waals surface area contributed by atoms with Gasteiger partial charge in [0.25, 0.3) is 0 Å². The molecule has 1 heterocycles. The second-order valence-corrected chi connectivity index (χ2v) is 5.64. The van der Waals surface area contributed by atoms with Crippen molar-refractivity contribution < 1.29 is 13.5 Å². The molecule has 0 atom stereocenters. The summed E-state index contributed by atoms with van der Waals surface area (Å²) >= 11 is 0. The van der Waals surface area contributed by atoms with Crippen molar-refractivity contribution in [3.05, 3.63) is 29.3 Å². The second kappa shape index (κ2) is 4.84. The molecule has 1 aliphatic rings. The van der Waals surface area contributed by atoms with Gasteiger partial charge in [0, 0.05) is 13.1 Å². The Morgan fingerprint density at radius 2 is 1.56 bits per heavy atom. The average molecular weight is 255 g/mol. The summed E-state index contributed by atoms with van der Waals surface area (Å²) in [6, 6.07) is 2.88. The van der Waals surface area contributed by atoms with Gasteiger partial charge < -0.3 is 9.64 Å². The lowest BCUT2D eigenvalue weighted by Gasteiger charge is -2.30. The fourth-order valence-corrected chi connectivity index (χ4v) is 2.09. The Hall–Kier alpha value is -1.16. The number of ether oxygens (including phenoxy) is 1. The zero-order valence-corrected chi connectivity index (χ0v) is 11.1. The summed E-state index contributed by atoms with van der Waals surface area (Å²) in [7, 11) is 0. The summed E-state index contributed by atoms with van der Waals surface area (Å²) < 4.78 is 33.4. The highest BCUT2D eigenvalue weighted by Crippen LogP contribution is 2.30. The zero-order valence-electron chi connectivity index (χ0n) is 11.1. The van der Waals surface area contributed by atoms with E-state index in [1.54, 1.807) is 4.90 Å². The van der Waals surface area contributed by atoms with Crippen LogP contribution >= 0.6 is 0 Å². The normalized spacial score (nSPS) is 17.1. The van der Waals surface area contributed by atoms with Crippen LogP contribution in [0, 0.1) is 11.6 Å². The Kier molecular flexibility index (Phi) is 3.57. The van der Waals surface area contributed by atoms with Gasteiger partial charge in [0.05, 0.1) is 13.2 Å². The lowest BCUT2D eigenvalue weighted by atomic mass is 9.86. The smallest absolute Gasteiger partial charge is 0.149 e. The Balaban J connectivity index is 2.37. The SMILES string of the molecule is CC(C)(C)c1cc(F)c(N2CCOCC2)c(F)c1. The van der Waals surface area contributed by atoms with Crippen LogP contribution in [0.15, 0.2) is 12.1 Å². The van der Waals surface area contributed by atoms with Gasteiger partial charge in [0.1, 0.15) is 17.3 Å². The molecule has 0 amide bonds. The van der Waals surface area contributed by atoms with Gasteiger partial charge in [-0.2, -0.15) is 0 Å². The van der Waals surface area contributed by atoms with E-state index in [1.807, 2.05) is 20.8 Å². The number of anilines is 1.